The fourth-order valence-corrected chi connectivity index (χ4v) is 6.45. The predicted molar refractivity (Wildman–Crippen MR) is 156 cm³/mol. The molecule has 1 unspecified atom stereocenters. The van der Waals surface area contributed by atoms with E-state index in [1.54, 1.807) is 24.3 Å². The highest BCUT2D eigenvalue weighted by Gasteiger charge is 2.45. The summed E-state index contributed by atoms with van der Waals surface area (Å²) in [6, 6.07) is 22.7. The molecule has 2 amide bonds. The molecule has 40 heavy (non-hydrogen) atoms. The van der Waals surface area contributed by atoms with E-state index in [1.807, 2.05) is 48.5 Å². The lowest BCUT2D eigenvalue weighted by atomic mass is 9.99. The van der Waals surface area contributed by atoms with E-state index in [0.29, 0.717) is 41.1 Å². The number of aromatic amines is 1. The van der Waals surface area contributed by atoms with Crippen molar-refractivity contribution < 1.29 is 14.3 Å². The van der Waals surface area contributed by atoms with Crippen LogP contribution in [0.5, 0.6) is 0 Å². The molecular formula is C32H29ClN4O3. The Balaban J connectivity index is 1.18. The Labute approximate surface area is 237 Å². The van der Waals surface area contributed by atoms with Crippen LogP contribution in [-0.2, 0) is 11.2 Å². The van der Waals surface area contributed by atoms with Gasteiger partial charge in [0.05, 0.1) is 34.9 Å². The SMILES string of the molecule is O=C1c2ccccc2C(=O)N1C(Cc1ccccc1)[C@H]1CN=C(c2cc3cc(Cl)cc(NC4CCCC4)c3[nH]2)O1. The molecule has 7 rings (SSSR count). The van der Waals surface area contributed by atoms with E-state index >= 15 is 0 Å². The normalized spacial score (nSPS) is 19.7. The first-order valence-corrected chi connectivity index (χ1v) is 14.2. The summed E-state index contributed by atoms with van der Waals surface area (Å²) in [5.74, 6) is -0.110. The number of anilines is 1. The number of H-pyrrole nitrogens is 1. The van der Waals surface area contributed by atoms with E-state index in [2.05, 4.69) is 10.3 Å². The lowest BCUT2D eigenvalue weighted by molar-refractivity contribution is 0.0426. The van der Waals surface area contributed by atoms with Gasteiger partial charge >= 0.3 is 0 Å². The number of fused-ring (bicyclic) bond motifs is 2. The number of carbonyl (C=O) groups excluding carboxylic acids is 2. The minimum Gasteiger partial charge on any atom is -0.469 e. The van der Waals surface area contributed by atoms with Crippen molar-refractivity contribution in [3.8, 4) is 0 Å². The highest BCUT2D eigenvalue weighted by atomic mass is 35.5. The molecule has 202 valence electrons. The van der Waals surface area contributed by atoms with Crippen molar-refractivity contribution in [2.45, 2.75) is 50.3 Å². The van der Waals surface area contributed by atoms with Gasteiger partial charge in [0.25, 0.3) is 11.8 Å². The molecule has 3 aliphatic rings. The average molecular weight is 553 g/mol. The summed E-state index contributed by atoms with van der Waals surface area (Å²) in [6.45, 7) is 0.337. The second-order valence-electron chi connectivity index (χ2n) is 10.8. The van der Waals surface area contributed by atoms with Crippen molar-refractivity contribution >= 4 is 45.9 Å². The van der Waals surface area contributed by atoms with Crippen LogP contribution in [0.25, 0.3) is 10.9 Å². The monoisotopic (exact) mass is 552 g/mol. The number of benzene rings is 3. The second kappa shape index (κ2) is 10.1. The molecule has 1 aromatic heterocycles. The van der Waals surface area contributed by atoms with Gasteiger partial charge in [-0.1, -0.05) is 66.9 Å². The zero-order valence-electron chi connectivity index (χ0n) is 21.9. The average Bonchev–Trinajstić information content (AvgIpc) is 3.76. The van der Waals surface area contributed by atoms with Crippen molar-refractivity contribution in [2.24, 2.45) is 4.99 Å². The molecule has 1 fully saturated rings. The fourth-order valence-electron chi connectivity index (χ4n) is 6.22. The second-order valence-corrected chi connectivity index (χ2v) is 11.2. The molecule has 2 aliphatic heterocycles. The molecule has 3 heterocycles. The third-order valence-corrected chi connectivity index (χ3v) is 8.41. The minimum absolute atomic E-state index is 0.290. The molecule has 2 N–H and O–H groups in total. The smallest absolute Gasteiger partial charge is 0.261 e. The van der Waals surface area contributed by atoms with Gasteiger partial charge in [0.2, 0.25) is 5.90 Å². The number of amides is 2. The van der Waals surface area contributed by atoms with Crippen LogP contribution < -0.4 is 5.32 Å². The van der Waals surface area contributed by atoms with Crippen LogP contribution in [0.1, 0.15) is 57.7 Å². The zero-order valence-corrected chi connectivity index (χ0v) is 22.7. The largest absolute Gasteiger partial charge is 0.469 e. The summed E-state index contributed by atoms with van der Waals surface area (Å²) in [5, 5.41) is 5.30. The Bertz CT molecular complexity index is 1610. The van der Waals surface area contributed by atoms with Crippen molar-refractivity contribution in [3.05, 3.63) is 100 Å². The molecule has 0 radical (unpaired) electrons. The first-order valence-electron chi connectivity index (χ1n) is 13.9. The lowest BCUT2D eigenvalue weighted by Crippen LogP contribution is -2.49. The van der Waals surface area contributed by atoms with Gasteiger partial charge in [0.1, 0.15) is 11.8 Å². The summed E-state index contributed by atoms with van der Waals surface area (Å²) >= 11 is 6.47. The van der Waals surface area contributed by atoms with Crippen LogP contribution in [0.2, 0.25) is 5.02 Å². The number of carbonyl (C=O) groups is 2. The third kappa shape index (κ3) is 4.44. The standard InChI is InChI=1S/C32H29ClN4O3/c33-21-15-20-16-26(36-29(20)25(17-21)35-22-10-4-5-11-22)30-34-18-28(40-30)27(14-19-8-2-1-3-9-19)37-31(38)23-12-6-7-13-24(23)32(37)39/h1-3,6-9,12-13,15-17,22,27-28,35-36H,4-5,10-11,14,18H2/t27?,28-/m1/s1. The summed E-state index contributed by atoms with van der Waals surface area (Å²) in [4.78, 5) is 36.5. The van der Waals surface area contributed by atoms with Crippen LogP contribution in [0, 0.1) is 0 Å². The third-order valence-electron chi connectivity index (χ3n) is 8.19. The summed E-state index contributed by atoms with van der Waals surface area (Å²) in [6.07, 6.45) is 4.77. The van der Waals surface area contributed by atoms with Crippen LogP contribution in [0.4, 0.5) is 5.69 Å². The van der Waals surface area contributed by atoms with Gasteiger partial charge in [-0.3, -0.25) is 14.5 Å². The van der Waals surface area contributed by atoms with Gasteiger partial charge in [-0.2, -0.15) is 0 Å². The molecule has 0 bridgehead atoms. The number of imide groups is 1. The van der Waals surface area contributed by atoms with Crippen molar-refractivity contribution in [1.82, 2.24) is 9.88 Å². The van der Waals surface area contributed by atoms with Crippen molar-refractivity contribution in [2.75, 3.05) is 11.9 Å². The molecule has 1 aliphatic carbocycles. The van der Waals surface area contributed by atoms with Crippen LogP contribution in [-0.4, -0.2) is 52.3 Å². The maximum absolute atomic E-state index is 13.5. The van der Waals surface area contributed by atoms with E-state index in [1.165, 1.54) is 17.7 Å². The van der Waals surface area contributed by atoms with E-state index in [-0.39, 0.29) is 11.8 Å². The van der Waals surface area contributed by atoms with E-state index in [9.17, 15) is 9.59 Å². The molecule has 4 aromatic rings. The molecule has 0 spiro atoms. The van der Waals surface area contributed by atoms with Crippen LogP contribution in [0.3, 0.4) is 0 Å². The Kier molecular flexibility index (Phi) is 6.31. The first-order chi connectivity index (χ1) is 19.5. The highest BCUT2D eigenvalue weighted by molar-refractivity contribution is 6.32. The van der Waals surface area contributed by atoms with Crippen molar-refractivity contribution in [1.29, 1.82) is 0 Å². The van der Waals surface area contributed by atoms with Gasteiger partial charge in [-0.15, -0.1) is 0 Å². The van der Waals surface area contributed by atoms with Gasteiger partial charge < -0.3 is 15.0 Å². The molecule has 7 nitrogen and oxygen atoms in total. The number of hydrogen-bond acceptors (Lipinski definition) is 5. The van der Waals surface area contributed by atoms with Gasteiger partial charge in [-0.05, 0) is 55.2 Å². The number of aliphatic imine (C=N–C) groups is 1. The number of nitrogens with zero attached hydrogens (tertiary/aromatic N) is 2. The highest BCUT2D eigenvalue weighted by Crippen LogP contribution is 2.33. The van der Waals surface area contributed by atoms with Gasteiger partial charge in [-0.25, -0.2) is 4.99 Å². The van der Waals surface area contributed by atoms with E-state index < -0.39 is 12.1 Å². The number of halogens is 1. The number of aromatic nitrogens is 1. The molecule has 1 saturated carbocycles. The Morgan fingerprint density at radius 1 is 0.975 bits per heavy atom. The fraction of sp³-hybridized carbons (Fsp3) is 0.281. The quantitative estimate of drug-likeness (QED) is 0.266. The molecular weight excluding hydrogens is 524 g/mol. The van der Waals surface area contributed by atoms with Crippen LogP contribution >= 0.6 is 11.6 Å². The molecule has 2 atom stereocenters. The Morgan fingerprint density at radius 3 is 2.40 bits per heavy atom. The molecule has 8 heteroatoms. The summed E-state index contributed by atoms with van der Waals surface area (Å²) in [5.41, 5.74) is 4.56. The van der Waals surface area contributed by atoms with E-state index in [0.717, 1.165) is 40.7 Å². The van der Waals surface area contributed by atoms with Crippen molar-refractivity contribution in [3.63, 3.8) is 0 Å². The first kappa shape index (κ1) is 24.9. The molecule has 0 saturated heterocycles. The van der Waals surface area contributed by atoms with Gasteiger partial charge in [0.15, 0.2) is 0 Å². The maximum Gasteiger partial charge on any atom is 0.261 e. The Hall–Kier alpha value is -4.10. The topological polar surface area (TPSA) is 86.8 Å². The molecule has 3 aromatic carbocycles. The lowest BCUT2D eigenvalue weighted by Gasteiger charge is -2.30. The Morgan fingerprint density at radius 2 is 1.68 bits per heavy atom. The number of rotatable bonds is 7. The number of nitrogens with one attached hydrogen (secondary N) is 2. The van der Waals surface area contributed by atoms with Gasteiger partial charge in [0, 0.05) is 16.5 Å². The summed E-state index contributed by atoms with van der Waals surface area (Å²) in [7, 11) is 0. The number of ether oxygens (including phenoxy) is 1. The van der Waals surface area contributed by atoms with Crippen LogP contribution in [0.15, 0.2) is 77.8 Å². The minimum atomic E-state index is -0.519. The maximum atomic E-state index is 13.5. The zero-order chi connectivity index (χ0) is 27.2. The number of hydrogen-bond donors (Lipinski definition) is 2. The summed E-state index contributed by atoms with van der Waals surface area (Å²) < 4.78 is 6.44. The van der Waals surface area contributed by atoms with E-state index in [4.69, 9.17) is 21.3 Å². The predicted octanol–water partition coefficient (Wildman–Crippen LogP) is 6.23.